The van der Waals surface area contributed by atoms with Gasteiger partial charge >= 0.3 is 0 Å². The van der Waals surface area contributed by atoms with E-state index >= 15 is 0 Å². The van der Waals surface area contributed by atoms with E-state index in [1.165, 1.54) is 0 Å². The van der Waals surface area contributed by atoms with Crippen molar-refractivity contribution < 1.29 is 9.59 Å². The molecule has 7 heteroatoms. The maximum atomic E-state index is 12.7. The summed E-state index contributed by atoms with van der Waals surface area (Å²) in [4.78, 5) is 24.2. The number of fused-ring (bicyclic) bond motifs is 1. The van der Waals surface area contributed by atoms with Crippen molar-refractivity contribution >= 4 is 62.9 Å². The average molecular weight is 412 g/mol. The Labute approximate surface area is 173 Å². The molecule has 3 N–H and O–H groups in total. The Kier molecular flexibility index (Phi) is 6.23. The van der Waals surface area contributed by atoms with Crippen molar-refractivity contribution in [1.82, 2.24) is 5.32 Å². The van der Waals surface area contributed by atoms with Gasteiger partial charge in [-0.3, -0.25) is 14.9 Å². The first-order chi connectivity index (χ1) is 13.5. The van der Waals surface area contributed by atoms with Gasteiger partial charge in [0, 0.05) is 17.7 Å². The molecular weight excluding hydrogens is 394 g/mol. The van der Waals surface area contributed by atoms with E-state index in [9.17, 15) is 9.59 Å². The maximum Gasteiger partial charge on any atom is 0.258 e. The first-order valence-corrected chi connectivity index (χ1v) is 9.46. The van der Waals surface area contributed by atoms with Gasteiger partial charge in [0.15, 0.2) is 5.11 Å². The third kappa shape index (κ3) is 4.65. The minimum atomic E-state index is -0.319. The molecule has 28 heavy (non-hydrogen) atoms. The van der Waals surface area contributed by atoms with Crippen molar-refractivity contribution in [3.05, 3.63) is 71.2 Å². The highest BCUT2D eigenvalue weighted by Gasteiger charge is 2.12. The van der Waals surface area contributed by atoms with Gasteiger partial charge in [-0.25, -0.2) is 0 Å². The molecule has 3 aromatic rings. The molecule has 0 aliphatic heterocycles. The summed E-state index contributed by atoms with van der Waals surface area (Å²) in [6, 6.07) is 18.1. The quantitative estimate of drug-likeness (QED) is 0.530. The Morgan fingerprint density at radius 3 is 2.54 bits per heavy atom. The lowest BCUT2D eigenvalue weighted by Crippen LogP contribution is -2.34. The largest absolute Gasteiger partial charge is 0.331 e. The van der Waals surface area contributed by atoms with E-state index in [0.717, 1.165) is 10.8 Å². The summed E-state index contributed by atoms with van der Waals surface area (Å²) in [5.74, 6) is -0.430. The smallest absolute Gasteiger partial charge is 0.258 e. The molecule has 142 valence electrons. The molecule has 3 aromatic carbocycles. The summed E-state index contributed by atoms with van der Waals surface area (Å²) < 4.78 is 0. The summed E-state index contributed by atoms with van der Waals surface area (Å²) in [5, 5.41) is 10.7. The van der Waals surface area contributed by atoms with Gasteiger partial charge in [-0.1, -0.05) is 54.9 Å². The van der Waals surface area contributed by atoms with Gasteiger partial charge in [0.05, 0.1) is 10.7 Å². The molecule has 0 saturated heterocycles. The summed E-state index contributed by atoms with van der Waals surface area (Å²) in [5.41, 5.74) is 1.60. The van der Waals surface area contributed by atoms with Gasteiger partial charge in [-0.15, -0.1) is 0 Å². The Hall–Kier alpha value is -2.96. The standard InChI is InChI=1S/C21H18ClN3O2S/c1-2-19(26)23-14-10-11-17(22)18(12-14)24-21(28)25-20(27)16-9-5-7-13-6-3-4-8-15(13)16/h3-12H,2H2,1H3,(H,23,26)(H2,24,25,27,28). The van der Waals surface area contributed by atoms with Crippen molar-refractivity contribution in [1.29, 1.82) is 0 Å². The predicted molar refractivity (Wildman–Crippen MR) is 118 cm³/mol. The van der Waals surface area contributed by atoms with Crippen LogP contribution in [0.1, 0.15) is 23.7 Å². The van der Waals surface area contributed by atoms with Crippen LogP contribution in [0.2, 0.25) is 5.02 Å². The second kappa shape index (κ2) is 8.82. The normalized spacial score (nSPS) is 10.4. The van der Waals surface area contributed by atoms with E-state index < -0.39 is 0 Å². The number of halogens is 1. The molecule has 0 atom stereocenters. The van der Waals surface area contributed by atoms with Crippen LogP contribution in [0.3, 0.4) is 0 Å². The Morgan fingerprint density at radius 2 is 1.75 bits per heavy atom. The molecule has 0 aliphatic rings. The molecule has 2 amide bonds. The van der Waals surface area contributed by atoms with Crippen LogP contribution in [0.15, 0.2) is 60.7 Å². The van der Waals surface area contributed by atoms with Crippen LogP contribution in [-0.4, -0.2) is 16.9 Å². The topological polar surface area (TPSA) is 70.2 Å². The van der Waals surface area contributed by atoms with Gasteiger partial charge in [-0.2, -0.15) is 0 Å². The van der Waals surface area contributed by atoms with E-state index in [1.54, 1.807) is 31.2 Å². The lowest BCUT2D eigenvalue weighted by Gasteiger charge is -2.13. The number of carbonyl (C=O) groups is 2. The number of amides is 2. The Balaban J connectivity index is 1.74. The summed E-state index contributed by atoms with van der Waals surface area (Å²) >= 11 is 11.5. The first kappa shape index (κ1) is 19.8. The molecule has 3 rings (SSSR count). The van der Waals surface area contributed by atoms with Crippen molar-refractivity contribution in [2.75, 3.05) is 10.6 Å². The molecule has 0 heterocycles. The van der Waals surface area contributed by atoms with Gasteiger partial charge in [0.2, 0.25) is 5.91 Å². The lowest BCUT2D eigenvalue weighted by molar-refractivity contribution is -0.115. The lowest BCUT2D eigenvalue weighted by atomic mass is 10.0. The summed E-state index contributed by atoms with van der Waals surface area (Å²) in [6.07, 6.45) is 0.366. The third-order valence-electron chi connectivity index (χ3n) is 4.08. The Bertz CT molecular complexity index is 1060. The number of hydrogen-bond donors (Lipinski definition) is 3. The molecule has 0 saturated carbocycles. The van der Waals surface area contributed by atoms with Crippen LogP contribution in [-0.2, 0) is 4.79 Å². The molecule has 0 aliphatic carbocycles. The zero-order chi connectivity index (χ0) is 20.1. The number of anilines is 2. The Morgan fingerprint density at radius 1 is 1.00 bits per heavy atom. The second-order valence-electron chi connectivity index (χ2n) is 6.03. The van der Waals surface area contributed by atoms with Gasteiger partial charge in [-0.05, 0) is 47.3 Å². The number of thiocarbonyl (C=S) groups is 1. The fourth-order valence-corrected chi connectivity index (χ4v) is 3.06. The van der Waals surface area contributed by atoms with Crippen molar-refractivity contribution in [3.63, 3.8) is 0 Å². The van der Waals surface area contributed by atoms with E-state index in [4.69, 9.17) is 23.8 Å². The molecule has 0 unspecified atom stereocenters. The number of carbonyl (C=O) groups excluding carboxylic acids is 2. The van der Waals surface area contributed by atoms with Crippen LogP contribution in [0.5, 0.6) is 0 Å². The fraction of sp³-hybridized carbons (Fsp3) is 0.0952. The minimum absolute atomic E-state index is 0.110. The van der Waals surface area contributed by atoms with Crippen molar-refractivity contribution in [2.24, 2.45) is 0 Å². The minimum Gasteiger partial charge on any atom is -0.331 e. The molecule has 0 fully saturated rings. The SMILES string of the molecule is CCC(=O)Nc1ccc(Cl)c(NC(=S)NC(=O)c2cccc3ccccc23)c1. The van der Waals surface area contributed by atoms with Crippen LogP contribution in [0, 0.1) is 0 Å². The second-order valence-corrected chi connectivity index (χ2v) is 6.85. The monoisotopic (exact) mass is 411 g/mol. The number of benzene rings is 3. The highest BCUT2D eigenvalue weighted by atomic mass is 35.5. The fourth-order valence-electron chi connectivity index (χ4n) is 2.70. The molecule has 5 nitrogen and oxygen atoms in total. The summed E-state index contributed by atoms with van der Waals surface area (Å²) in [7, 11) is 0. The predicted octanol–water partition coefficient (Wildman–Crippen LogP) is 4.97. The molecule has 0 radical (unpaired) electrons. The first-order valence-electron chi connectivity index (χ1n) is 8.67. The van der Waals surface area contributed by atoms with Crippen molar-refractivity contribution in [2.45, 2.75) is 13.3 Å². The van der Waals surface area contributed by atoms with Crippen LogP contribution >= 0.6 is 23.8 Å². The number of hydrogen-bond acceptors (Lipinski definition) is 3. The van der Waals surface area contributed by atoms with Gasteiger partial charge in [0.1, 0.15) is 0 Å². The van der Waals surface area contributed by atoms with Crippen LogP contribution < -0.4 is 16.0 Å². The van der Waals surface area contributed by atoms with Crippen LogP contribution in [0.25, 0.3) is 10.8 Å². The molecule has 0 spiro atoms. The van der Waals surface area contributed by atoms with E-state index in [0.29, 0.717) is 28.4 Å². The molecular formula is C21H18ClN3O2S. The van der Waals surface area contributed by atoms with E-state index in [1.807, 2.05) is 36.4 Å². The average Bonchev–Trinajstić information content (AvgIpc) is 2.69. The zero-order valence-corrected chi connectivity index (χ0v) is 16.7. The maximum absolute atomic E-state index is 12.7. The molecule has 0 aromatic heterocycles. The van der Waals surface area contributed by atoms with E-state index in [-0.39, 0.29) is 16.9 Å². The summed E-state index contributed by atoms with van der Waals surface area (Å²) in [6.45, 7) is 1.77. The highest BCUT2D eigenvalue weighted by Crippen LogP contribution is 2.26. The number of rotatable bonds is 4. The highest BCUT2D eigenvalue weighted by molar-refractivity contribution is 7.80. The van der Waals surface area contributed by atoms with E-state index in [2.05, 4.69) is 16.0 Å². The van der Waals surface area contributed by atoms with Crippen LogP contribution in [0.4, 0.5) is 11.4 Å². The number of nitrogens with one attached hydrogen (secondary N) is 3. The molecule has 0 bridgehead atoms. The third-order valence-corrected chi connectivity index (χ3v) is 4.61. The van der Waals surface area contributed by atoms with Gasteiger partial charge < -0.3 is 10.6 Å². The van der Waals surface area contributed by atoms with Gasteiger partial charge in [0.25, 0.3) is 5.91 Å². The van der Waals surface area contributed by atoms with Crippen molar-refractivity contribution in [3.8, 4) is 0 Å². The zero-order valence-electron chi connectivity index (χ0n) is 15.1.